The zero-order chi connectivity index (χ0) is 21.8. The number of pyridine rings is 1. The lowest BCUT2D eigenvalue weighted by Crippen LogP contribution is -2.50. The Kier molecular flexibility index (Phi) is 6.18. The second-order valence-corrected chi connectivity index (χ2v) is 9.87. The quantitative estimate of drug-likeness (QED) is 0.533. The van der Waals surface area contributed by atoms with E-state index in [1.807, 2.05) is 36.7 Å². The van der Waals surface area contributed by atoms with Crippen LogP contribution in [0.3, 0.4) is 0 Å². The van der Waals surface area contributed by atoms with E-state index >= 15 is 0 Å². The SMILES string of the molecule is CCCc1cnc(N2CC(COc3ccc(-c4ccc(S(C)(=O)=O)nc4)cc3)C2)nc1. The maximum atomic E-state index is 11.5. The molecule has 3 heterocycles. The number of benzene rings is 1. The van der Waals surface area contributed by atoms with Gasteiger partial charge in [0, 0.05) is 49.4 Å². The van der Waals surface area contributed by atoms with E-state index < -0.39 is 9.84 Å². The van der Waals surface area contributed by atoms with Gasteiger partial charge in [-0.05, 0) is 41.8 Å². The third-order valence-electron chi connectivity index (χ3n) is 5.26. The van der Waals surface area contributed by atoms with Crippen LogP contribution >= 0.6 is 0 Å². The molecule has 0 amide bonds. The van der Waals surface area contributed by atoms with E-state index in [0.717, 1.165) is 55.0 Å². The predicted molar refractivity (Wildman–Crippen MR) is 120 cm³/mol. The van der Waals surface area contributed by atoms with Gasteiger partial charge in [0.25, 0.3) is 0 Å². The molecule has 4 rings (SSSR count). The lowest BCUT2D eigenvalue weighted by molar-refractivity contribution is 0.219. The van der Waals surface area contributed by atoms with Crippen LogP contribution in [0.15, 0.2) is 60.0 Å². The Morgan fingerprint density at radius 3 is 2.23 bits per heavy atom. The predicted octanol–water partition coefficient (Wildman–Crippen LogP) is 3.41. The molecule has 1 aromatic carbocycles. The van der Waals surface area contributed by atoms with E-state index in [1.54, 1.807) is 12.3 Å². The van der Waals surface area contributed by atoms with Crippen molar-refractivity contribution in [2.24, 2.45) is 5.92 Å². The molecule has 0 saturated carbocycles. The van der Waals surface area contributed by atoms with Gasteiger partial charge in [0.05, 0.1) is 6.61 Å². The molecule has 7 nitrogen and oxygen atoms in total. The molecule has 0 bridgehead atoms. The lowest BCUT2D eigenvalue weighted by Gasteiger charge is -2.38. The Morgan fingerprint density at radius 2 is 1.65 bits per heavy atom. The highest BCUT2D eigenvalue weighted by atomic mass is 32.2. The zero-order valence-electron chi connectivity index (χ0n) is 17.7. The summed E-state index contributed by atoms with van der Waals surface area (Å²) in [7, 11) is -3.29. The first-order chi connectivity index (χ1) is 14.9. The van der Waals surface area contributed by atoms with Crippen LogP contribution in [0.1, 0.15) is 18.9 Å². The Morgan fingerprint density at radius 1 is 0.968 bits per heavy atom. The third kappa shape index (κ3) is 5.19. The molecule has 0 unspecified atom stereocenters. The third-order valence-corrected chi connectivity index (χ3v) is 6.26. The van der Waals surface area contributed by atoms with Gasteiger partial charge in [-0.25, -0.2) is 23.4 Å². The summed E-state index contributed by atoms with van der Waals surface area (Å²) in [4.78, 5) is 15.1. The Bertz CT molecular complexity index is 1110. The first kappa shape index (κ1) is 21.2. The second-order valence-electron chi connectivity index (χ2n) is 7.90. The van der Waals surface area contributed by atoms with Crippen molar-refractivity contribution in [1.29, 1.82) is 0 Å². The fourth-order valence-corrected chi connectivity index (χ4v) is 4.06. The second kappa shape index (κ2) is 9.01. The first-order valence-electron chi connectivity index (χ1n) is 10.4. The Balaban J connectivity index is 1.27. The van der Waals surface area contributed by atoms with E-state index in [-0.39, 0.29) is 5.03 Å². The highest BCUT2D eigenvalue weighted by Gasteiger charge is 2.29. The first-order valence-corrected chi connectivity index (χ1v) is 12.3. The summed E-state index contributed by atoms with van der Waals surface area (Å²) in [5.41, 5.74) is 2.99. The molecule has 1 aliphatic rings. The number of ether oxygens (including phenoxy) is 1. The molecule has 31 heavy (non-hydrogen) atoms. The normalized spacial score (nSPS) is 14.3. The van der Waals surface area contributed by atoms with Gasteiger partial charge in [0.15, 0.2) is 14.9 Å². The van der Waals surface area contributed by atoms with E-state index in [4.69, 9.17) is 4.74 Å². The van der Waals surface area contributed by atoms with Crippen LogP contribution in [-0.2, 0) is 16.3 Å². The van der Waals surface area contributed by atoms with Gasteiger partial charge in [-0.2, -0.15) is 0 Å². The summed E-state index contributed by atoms with van der Waals surface area (Å²) in [6.45, 7) is 4.58. The van der Waals surface area contributed by atoms with E-state index in [1.165, 1.54) is 11.6 Å². The van der Waals surface area contributed by atoms with E-state index in [9.17, 15) is 8.42 Å². The molecule has 1 saturated heterocycles. The molecule has 0 atom stereocenters. The molecular weight excluding hydrogens is 412 g/mol. The number of anilines is 1. The average molecular weight is 439 g/mol. The molecule has 1 aliphatic heterocycles. The fraction of sp³-hybridized carbons (Fsp3) is 0.348. The van der Waals surface area contributed by atoms with E-state index in [2.05, 4.69) is 26.8 Å². The standard InChI is InChI=1S/C23H26N4O3S/c1-3-4-17-11-25-23(26-12-17)27-14-18(15-27)16-30-21-8-5-19(6-9-21)20-7-10-22(24-13-20)31(2,28)29/h5-13,18H,3-4,14-16H2,1-2H3. The van der Waals surface area contributed by atoms with E-state index in [0.29, 0.717) is 12.5 Å². The van der Waals surface area contributed by atoms with Crippen molar-refractivity contribution < 1.29 is 13.2 Å². The molecule has 0 radical (unpaired) electrons. The van der Waals surface area contributed by atoms with Crippen molar-refractivity contribution in [1.82, 2.24) is 15.0 Å². The minimum Gasteiger partial charge on any atom is -0.493 e. The molecule has 0 N–H and O–H groups in total. The van der Waals surface area contributed by atoms with Crippen LogP contribution in [0.25, 0.3) is 11.1 Å². The highest BCUT2D eigenvalue weighted by Crippen LogP contribution is 2.25. The summed E-state index contributed by atoms with van der Waals surface area (Å²) in [5, 5.41) is 0.0769. The number of aromatic nitrogens is 3. The van der Waals surface area contributed by atoms with Crippen LogP contribution in [0.4, 0.5) is 5.95 Å². The van der Waals surface area contributed by atoms with Gasteiger partial charge in [-0.1, -0.05) is 25.5 Å². The summed E-state index contributed by atoms with van der Waals surface area (Å²) < 4.78 is 29.0. The zero-order valence-corrected chi connectivity index (χ0v) is 18.5. The molecule has 3 aromatic rings. The summed E-state index contributed by atoms with van der Waals surface area (Å²) >= 11 is 0. The van der Waals surface area contributed by atoms with Crippen LogP contribution in [0.5, 0.6) is 5.75 Å². The van der Waals surface area contributed by atoms with Crippen molar-refractivity contribution in [2.45, 2.75) is 24.8 Å². The molecule has 8 heteroatoms. The largest absolute Gasteiger partial charge is 0.493 e. The van der Waals surface area contributed by atoms with Crippen LogP contribution in [-0.4, -0.2) is 49.3 Å². The number of sulfone groups is 1. The van der Waals surface area contributed by atoms with Gasteiger partial charge in [0.2, 0.25) is 5.95 Å². The summed E-state index contributed by atoms with van der Waals surface area (Å²) in [6.07, 6.45) is 8.67. The molecule has 0 aliphatic carbocycles. The van der Waals surface area contributed by atoms with Crippen LogP contribution in [0, 0.1) is 5.92 Å². The van der Waals surface area contributed by atoms with Gasteiger partial charge in [-0.15, -0.1) is 0 Å². The Labute approximate surface area is 183 Å². The number of nitrogens with zero attached hydrogens (tertiary/aromatic N) is 4. The molecule has 162 valence electrons. The molecule has 2 aromatic heterocycles. The van der Waals surface area contributed by atoms with Crippen molar-refractivity contribution in [3.8, 4) is 16.9 Å². The lowest BCUT2D eigenvalue weighted by atomic mass is 10.0. The van der Waals surface area contributed by atoms with Gasteiger partial charge >= 0.3 is 0 Å². The Hall–Kier alpha value is -3.00. The van der Waals surface area contributed by atoms with Crippen LogP contribution in [0.2, 0.25) is 0 Å². The smallest absolute Gasteiger partial charge is 0.225 e. The number of aryl methyl sites for hydroxylation is 1. The minimum atomic E-state index is -3.29. The van der Waals surface area contributed by atoms with Crippen molar-refractivity contribution in [2.75, 3.05) is 30.9 Å². The average Bonchev–Trinajstić information content (AvgIpc) is 2.74. The fourth-order valence-electron chi connectivity index (χ4n) is 3.50. The van der Waals surface area contributed by atoms with Gasteiger partial charge < -0.3 is 9.64 Å². The summed E-state index contributed by atoms with van der Waals surface area (Å²) in [6, 6.07) is 11.0. The number of rotatable bonds is 8. The van der Waals surface area contributed by atoms with Crippen LogP contribution < -0.4 is 9.64 Å². The number of hydrogen-bond donors (Lipinski definition) is 0. The summed E-state index contributed by atoms with van der Waals surface area (Å²) in [5.74, 6) is 2.05. The minimum absolute atomic E-state index is 0.0769. The molecule has 0 spiro atoms. The van der Waals surface area contributed by atoms with Gasteiger partial charge in [0.1, 0.15) is 5.75 Å². The number of hydrogen-bond acceptors (Lipinski definition) is 7. The van der Waals surface area contributed by atoms with Crippen molar-refractivity contribution in [3.63, 3.8) is 0 Å². The molecular formula is C23H26N4O3S. The van der Waals surface area contributed by atoms with Crippen molar-refractivity contribution >= 4 is 15.8 Å². The maximum absolute atomic E-state index is 11.5. The topological polar surface area (TPSA) is 85.3 Å². The van der Waals surface area contributed by atoms with Crippen molar-refractivity contribution in [3.05, 3.63) is 60.6 Å². The van der Waals surface area contributed by atoms with Gasteiger partial charge in [-0.3, -0.25) is 0 Å². The monoisotopic (exact) mass is 438 g/mol. The highest BCUT2D eigenvalue weighted by molar-refractivity contribution is 7.90. The maximum Gasteiger partial charge on any atom is 0.225 e. The molecule has 1 fully saturated rings.